The molecule has 0 saturated carbocycles. The second-order valence-electron chi connectivity index (χ2n) is 3.61. The van der Waals surface area contributed by atoms with Crippen LogP contribution in [0.4, 0.5) is 0 Å². The number of benzene rings is 1. The summed E-state index contributed by atoms with van der Waals surface area (Å²) in [5.41, 5.74) is 8.29. The quantitative estimate of drug-likeness (QED) is 0.857. The van der Waals surface area contributed by atoms with Gasteiger partial charge in [0.1, 0.15) is 5.69 Å². The highest BCUT2D eigenvalue weighted by atomic mass is 35.5. The highest BCUT2D eigenvalue weighted by molar-refractivity contribution is 6.32. The van der Waals surface area contributed by atoms with E-state index in [2.05, 4.69) is 15.4 Å². The van der Waals surface area contributed by atoms with E-state index >= 15 is 0 Å². The van der Waals surface area contributed by atoms with E-state index in [1.807, 2.05) is 26.0 Å². The Balaban J connectivity index is 2.55. The average Bonchev–Trinajstić information content (AvgIpc) is 2.64. The smallest absolute Gasteiger partial charge is 0.188 e. The van der Waals surface area contributed by atoms with E-state index in [0.29, 0.717) is 10.8 Å². The Kier molecular flexibility index (Phi) is 2.89. The van der Waals surface area contributed by atoms with Gasteiger partial charge in [-0.05, 0) is 36.3 Å². The molecule has 1 aromatic carbocycles. The molecule has 0 aliphatic carbocycles. The largest absolute Gasteiger partial charge is 0.324 e. The van der Waals surface area contributed by atoms with Crippen molar-refractivity contribution < 1.29 is 0 Å². The van der Waals surface area contributed by atoms with Gasteiger partial charge < -0.3 is 5.73 Å². The van der Waals surface area contributed by atoms with Gasteiger partial charge in [0.2, 0.25) is 0 Å². The molecule has 0 bridgehead atoms. The molecule has 0 unspecified atom stereocenters. The molecule has 0 fully saturated rings. The van der Waals surface area contributed by atoms with Crippen LogP contribution in [-0.4, -0.2) is 20.2 Å². The number of rotatable bonds is 2. The fraction of sp³-hybridized carbons (Fsp3) is 0.300. The number of tetrazole rings is 1. The Morgan fingerprint density at radius 1 is 1.38 bits per heavy atom. The fourth-order valence-electron chi connectivity index (χ4n) is 1.58. The van der Waals surface area contributed by atoms with E-state index in [4.69, 9.17) is 17.3 Å². The maximum absolute atomic E-state index is 6.16. The maximum atomic E-state index is 6.16. The molecule has 0 spiro atoms. The number of halogens is 1. The molecule has 1 heterocycles. The van der Waals surface area contributed by atoms with Crippen LogP contribution in [0.2, 0.25) is 5.02 Å². The molecule has 0 amide bonds. The third kappa shape index (κ3) is 1.91. The van der Waals surface area contributed by atoms with Gasteiger partial charge in [0, 0.05) is 0 Å². The zero-order valence-electron chi connectivity index (χ0n) is 9.11. The lowest BCUT2D eigenvalue weighted by molar-refractivity contribution is 0.713. The molecule has 0 aliphatic rings. The molecule has 2 aromatic rings. The van der Waals surface area contributed by atoms with Crippen molar-refractivity contribution in [3.05, 3.63) is 34.1 Å². The molecule has 1 aromatic heterocycles. The number of nitrogens with two attached hydrogens (primary N) is 1. The first-order valence-electron chi connectivity index (χ1n) is 4.88. The van der Waals surface area contributed by atoms with Crippen molar-refractivity contribution in [2.75, 3.05) is 0 Å². The van der Waals surface area contributed by atoms with Gasteiger partial charge in [-0.25, -0.2) is 0 Å². The fourth-order valence-corrected chi connectivity index (χ4v) is 1.98. The lowest BCUT2D eigenvalue weighted by atomic mass is 10.1. The summed E-state index contributed by atoms with van der Waals surface area (Å²) in [6, 6.07) is 3.89. The molecule has 6 heteroatoms. The predicted octanol–water partition coefficient (Wildman–Crippen LogP) is 1.39. The number of hydrogen-bond acceptors (Lipinski definition) is 4. The maximum Gasteiger partial charge on any atom is 0.188 e. The molecule has 0 aliphatic heterocycles. The van der Waals surface area contributed by atoms with Gasteiger partial charge in [0.15, 0.2) is 5.82 Å². The van der Waals surface area contributed by atoms with E-state index in [1.165, 1.54) is 4.80 Å². The summed E-state index contributed by atoms with van der Waals surface area (Å²) in [6.45, 7) is 4.21. The molecule has 16 heavy (non-hydrogen) atoms. The Hall–Kier alpha value is -1.46. The summed E-state index contributed by atoms with van der Waals surface area (Å²) in [5, 5.41) is 12.5. The normalized spacial score (nSPS) is 10.8. The van der Waals surface area contributed by atoms with Gasteiger partial charge in [0.25, 0.3) is 0 Å². The number of aromatic nitrogens is 4. The monoisotopic (exact) mass is 237 g/mol. The Bertz CT molecular complexity index is 497. The standard InChI is InChI=1S/C10H12ClN5/c1-6-3-7(2)10(8(11)4-6)16-14-9(5-12)13-15-16/h3-4H,5,12H2,1-2H3. The molecule has 0 atom stereocenters. The predicted molar refractivity (Wildman–Crippen MR) is 61.5 cm³/mol. The second kappa shape index (κ2) is 4.19. The summed E-state index contributed by atoms with van der Waals surface area (Å²) in [7, 11) is 0. The van der Waals surface area contributed by atoms with Crippen molar-refractivity contribution >= 4 is 11.6 Å². The molecule has 84 valence electrons. The molecule has 2 rings (SSSR count). The minimum Gasteiger partial charge on any atom is -0.324 e. The summed E-state index contributed by atoms with van der Waals surface area (Å²) >= 11 is 6.16. The zero-order valence-corrected chi connectivity index (χ0v) is 9.86. The average molecular weight is 238 g/mol. The Morgan fingerprint density at radius 3 is 2.69 bits per heavy atom. The highest BCUT2D eigenvalue weighted by Crippen LogP contribution is 2.24. The lowest BCUT2D eigenvalue weighted by Crippen LogP contribution is -2.04. The van der Waals surface area contributed by atoms with Gasteiger partial charge in [-0.3, -0.25) is 0 Å². The van der Waals surface area contributed by atoms with Crippen LogP contribution in [0.25, 0.3) is 5.69 Å². The highest BCUT2D eigenvalue weighted by Gasteiger charge is 2.11. The first-order valence-corrected chi connectivity index (χ1v) is 5.25. The number of aryl methyl sites for hydroxylation is 2. The van der Waals surface area contributed by atoms with E-state index < -0.39 is 0 Å². The van der Waals surface area contributed by atoms with Crippen LogP contribution in [0.5, 0.6) is 0 Å². The van der Waals surface area contributed by atoms with E-state index in [1.54, 1.807) is 0 Å². The number of hydrogen-bond donors (Lipinski definition) is 1. The van der Waals surface area contributed by atoms with Crippen molar-refractivity contribution in [2.45, 2.75) is 20.4 Å². The minimum atomic E-state index is 0.266. The molecular weight excluding hydrogens is 226 g/mol. The van der Waals surface area contributed by atoms with Gasteiger partial charge >= 0.3 is 0 Å². The molecule has 2 N–H and O–H groups in total. The summed E-state index contributed by atoms with van der Waals surface area (Å²) < 4.78 is 0. The second-order valence-corrected chi connectivity index (χ2v) is 4.02. The van der Waals surface area contributed by atoms with Crippen LogP contribution in [0.3, 0.4) is 0 Å². The van der Waals surface area contributed by atoms with Gasteiger partial charge in [-0.1, -0.05) is 17.7 Å². The van der Waals surface area contributed by atoms with Crippen LogP contribution < -0.4 is 5.73 Å². The molecule has 5 nitrogen and oxygen atoms in total. The van der Waals surface area contributed by atoms with Gasteiger partial charge in [-0.15, -0.1) is 15.0 Å². The number of nitrogens with zero attached hydrogens (tertiary/aromatic N) is 4. The first kappa shape index (κ1) is 11.0. The minimum absolute atomic E-state index is 0.266. The van der Waals surface area contributed by atoms with E-state index in [-0.39, 0.29) is 6.54 Å². The zero-order chi connectivity index (χ0) is 11.7. The van der Waals surface area contributed by atoms with Crippen LogP contribution in [0.15, 0.2) is 12.1 Å². The van der Waals surface area contributed by atoms with Crippen molar-refractivity contribution in [2.24, 2.45) is 5.73 Å². The van der Waals surface area contributed by atoms with Crippen molar-refractivity contribution in [3.63, 3.8) is 0 Å². The van der Waals surface area contributed by atoms with Crippen molar-refractivity contribution in [3.8, 4) is 5.69 Å². The van der Waals surface area contributed by atoms with Crippen molar-refractivity contribution in [1.82, 2.24) is 20.2 Å². The third-order valence-corrected chi connectivity index (χ3v) is 2.52. The third-order valence-electron chi connectivity index (χ3n) is 2.24. The summed E-state index contributed by atoms with van der Waals surface area (Å²) in [5.74, 6) is 0.496. The van der Waals surface area contributed by atoms with E-state index in [0.717, 1.165) is 16.8 Å². The van der Waals surface area contributed by atoms with Gasteiger partial charge in [-0.2, -0.15) is 0 Å². The molecule has 0 saturated heterocycles. The molecule has 0 radical (unpaired) electrons. The van der Waals surface area contributed by atoms with E-state index in [9.17, 15) is 0 Å². The van der Waals surface area contributed by atoms with Crippen LogP contribution in [0, 0.1) is 13.8 Å². The van der Waals surface area contributed by atoms with Gasteiger partial charge in [0.05, 0.1) is 11.6 Å². The molecular formula is C10H12ClN5. The Morgan fingerprint density at radius 2 is 2.12 bits per heavy atom. The lowest BCUT2D eigenvalue weighted by Gasteiger charge is -2.07. The summed E-state index contributed by atoms with van der Waals surface area (Å²) in [4.78, 5) is 1.42. The van der Waals surface area contributed by atoms with Crippen LogP contribution in [-0.2, 0) is 6.54 Å². The Labute approximate surface area is 98.2 Å². The van der Waals surface area contributed by atoms with Crippen molar-refractivity contribution in [1.29, 1.82) is 0 Å². The van der Waals surface area contributed by atoms with Crippen LogP contribution >= 0.6 is 11.6 Å². The topological polar surface area (TPSA) is 69.6 Å². The first-order chi connectivity index (χ1) is 7.61. The summed E-state index contributed by atoms with van der Waals surface area (Å²) in [6.07, 6.45) is 0. The SMILES string of the molecule is Cc1cc(C)c(-n2nnc(CN)n2)c(Cl)c1. The van der Waals surface area contributed by atoms with Crippen LogP contribution in [0.1, 0.15) is 17.0 Å².